The largest absolute Gasteiger partial charge is 0.306 e. The van der Waals surface area contributed by atoms with Gasteiger partial charge in [0.1, 0.15) is 28.8 Å². The number of hydrogen-bond acceptors (Lipinski definition) is 7. The molecule has 0 radical (unpaired) electrons. The van der Waals surface area contributed by atoms with Crippen LogP contribution in [0.1, 0.15) is 16.8 Å². The highest BCUT2D eigenvalue weighted by Gasteiger charge is 2.23. The number of hydrogen-bond donors (Lipinski definition) is 1. The van der Waals surface area contributed by atoms with Crippen molar-refractivity contribution in [2.45, 2.75) is 19.5 Å². The lowest BCUT2D eigenvalue weighted by atomic mass is 10.1. The van der Waals surface area contributed by atoms with E-state index in [2.05, 4.69) is 34.8 Å². The maximum absolute atomic E-state index is 12.4. The van der Waals surface area contributed by atoms with Gasteiger partial charge in [-0.1, -0.05) is 23.2 Å². The fourth-order valence-corrected chi connectivity index (χ4v) is 3.35. The molecule has 8 nitrogen and oxygen atoms in total. The van der Waals surface area contributed by atoms with Crippen LogP contribution in [0.4, 0.5) is 0 Å². The molecule has 1 aliphatic rings. The van der Waals surface area contributed by atoms with Crippen LogP contribution < -0.4 is 5.56 Å². The molecule has 0 saturated carbocycles. The summed E-state index contributed by atoms with van der Waals surface area (Å²) in [6.07, 6.45) is 6.57. The van der Waals surface area contributed by atoms with Crippen molar-refractivity contribution in [2.75, 3.05) is 6.54 Å². The second kappa shape index (κ2) is 7.06. The Morgan fingerprint density at radius 2 is 1.85 bits per heavy atom. The molecule has 0 unspecified atom stereocenters. The smallest absolute Gasteiger partial charge is 0.254 e. The van der Waals surface area contributed by atoms with Gasteiger partial charge in [0.05, 0.1) is 11.3 Å². The average Bonchev–Trinajstić information content (AvgIpc) is 2.65. The van der Waals surface area contributed by atoms with Gasteiger partial charge in [-0.2, -0.15) is 0 Å². The number of aromatic amines is 1. The SMILES string of the molecule is O=c1[nH]c(-c2cncnc2)nc2c1CCN(Cc1c(Cl)ncnc1Cl)C2. The zero-order chi connectivity index (χ0) is 18.1. The molecule has 1 aliphatic heterocycles. The van der Waals surface area contributed by atoms with Crippen molar-refractivity contribution in [2.24, 2.45) is 0 Å². The van der Waals surface area contributed by atoms with Gasteiger partial charge >= 0.3 is 0 Å². The molecule has 0 saturated heterocycles. The minimum absolute atomic E-state index is 0.132. The lowest BCUT2D eigenvalue weighted by Gasteiger charge is -2.28. The zero-order valence-corrected chi connectivity index (χ0v) is 15.0. The number of rotatable bonds is 3. The fourth-order valence-electron chi connectivity index (χ4n) is 2.91. The minimum atomic E-state index is -0.132. The van der Waals surface area contributed by atoms with E-state index in [-0.39, 0.29) is 5.56 Å². The topological polar surface area (TPSA) is 101 Å². The predicted molar refractivity (Wildman–Crippen MR) is 95.8 cm³/mol. The summed E-state index contributed by atoms with van der Waals surface area (Å²) in [5.74, 6) is 0.454. The van der Waals surface area contributed by atoms with Crippen LogP contribution in [0.25, 0.3) is 11.4 Å². The minimum Gasteiger partial charge on any atom is -0.306 e. The average molecular weight is 390 g/mol. The van der Waals surface area contributed by atoms with Gasteiger partial charge in [0.15, 0.2) is 0 Å². The van der Waals surface area contributed by atoms with E-state index in [9.17, 15) is 4.79 Å². The molecule has 0 spiro atoms. The molecule has 3 aromatic heterocycles. The van der Waals surface area contributed by atoms with E-state index in [0.717, 1.165) is 5.69 Å². The second-order valence-electron chi connectivity index (χ2n) is 5.86. The fraction of sp³-hybridized carbons (Fsp3) is 0.250. The van der Waals surface area contributed by atoms with E-state index in [1.54, 1.807) is 12.4 Å². The Morgan fingerprint density at radius 1 is 1.12 bits per heavy atom. The second-order valence-corrected chi connectivity index (χ2v) is 6.58. The summed E-state index contributed by atoms with van der Waals surface area (Å²) in [4.78, 5) is 37.8. The van der Waals surface area contributed by atoms with Gasteiger partial charge in [0, 0.05) is 43.2 Å². The van der Waals surface area contributed by atoms with Crippen LogP contribution in [0.15, 0.2) is 29.8 Å². The van der Waals surface area contributed by atoms with Gasteiger partial charge in [-0.15, -0.1) is 0 Å². The first-order valence-electron chi connectivity index (χ1n) is 7.86. The zero-order valence-electron chi connectivity index (χ0n) is 13.5. The Labute approximate surface area is 158 Å². The maximum atomic E-state index is 12.4. The summed E-state index contributed by atoms with van der Waals surface area (Å²) >= 11 is 12.3. The Hall–Kier alpha value is -2.42. The highest BCUT2D eigenvalue weighted by atomic mass is 35.5. The third-order valence-corrected chi connectivity index (χ3v) is 4.86. The monoisotopic (exact) mass is 389 g/mol. The highest BCUT2D eigenvalue weighted by molar-refractivity contribution is 6.34. The van der Waals surface area contributed by atoms with E-state index in [0.29, 0.717) is 58.9 Å². The van der Waals surface area contributed by atoms with Crippen molar-refractivity contribution in [3.8, 4) is 11.4 Å². The lowest BCUT2D eigenvalue weighted by molar-refractivity contribution is 0.240. The van der Waals surface area contributed by atoms with Gasteiger partial charge in [-0.25, -0.2) is 24.9 Å². The Kier molecular flexibility index (Phi) is 4.62. The normalized spacial score (nSPS) is 14.2. The van der Waals surface area contributed by atoms with Crippen molar-refractivity contribution in [1.29, 1.82) is 0 Å². The summed E-state index contributed by atoms with van der Waals surface area (Å²) in [6.45, 7) is 1.67. The van der Waals surface area contributed by atoms with Crippen LogP contribution in [0, 0.1) is 0 Å². The molecule has 3 aromatic rings. The lowest BCUT2D eigenvalue weighted by Crippen LogP contribution is -2.35. The number of fused-ring (bicyclic) bond motifs is 1. The quantitative estimate of drug-likeness (QED) is 0.682. The third-order valence-electron chi connectivity index (χ3n) is 4.21. The molecule has 4 heterocycles. The van der Waals surface area contributed by atoms with Crippen LogP contribution >= 0.6 is 23.2 Å². The van der Waals surface area contributed by atoms with Crippen LogP contribution in [-0.4, -0.2) is 41.3 Å². The van der Waals surface area contributed by atoms with Crippen molar-refractivity contribution in [1.82, 2.24) is 34.8 Å². The molecule has 4 rings (SSSR count). The van der Waals surface area contributed by atoms with Gasteiger partial charge in [-0.05, 0) is 6.42 Å². The standard InChI is InChI=1S/C16H13Cl2N7O/c17-13-11(14(18)22-8-21-13)5-25-2-1-10-12(6-25)23-15(24-16(10)26)9-3-19-7-20-4-9/h3-4,7-8H,1-2,5-6H2,(H,23,24,26). The van der Waals surface area contributed by atoms with Gasteiger partial charge in [-0.3, -0.25) is 9.69 Å². The summed E-state index contributed by atoms with van der Waals surface area (Å²) in [5, 5.41) is 0.661. The molecule has 0 aliphatic carbocycles. The molecule has 0 aromatic carbocycles. The maximum Gasteiger partial charge on any atom is 0.254 e. The van der Waals surface area contributed by atoms with E-state index < -0.39 is 0 Å². The highest BCUT2D eigenvalue weighted by Crippen LogP contribution is 2.24. The Balaban J connectivity index is 1.64. The number of halogens is 2. The Bertz CT molecular complexity index is 989. The van der Waals surface area contributed by atoms with Gasteiger partial charge in [0.25, 0.3) is 5.56 Å². The summed E-state index contributed by atoms with van der Waals surface area (Å²) in [6, 6.07) is 0. The first kappa shape index (κ1) is 17.0. The van der Waals surface area contributed by atoms with Crippen LogP contribution in [0.5, 0.6) is 0 Å². The first-order chi connectivity index (χ1) is 12.6. The van der Waals surface area contributed by atoms with Crippen molar-refractivity contribution < 1.29 is 0 Å². The molecular weight excluding hydrogens is 377 g/mol. The number of nitrogens with one attached hydrogen (secondary N) is 1. The van der Waals surface area contributed by atoms with Gasteiger partial charge < -0.3 is 4.98 Å². The summed E-state index contributed by atoms with van der Waals surface area (Å²) in [7, 11) is 0. The van der Waals surface area contributed by atoms with Crippen molar-refractivity contribution in [3.05, 3.63) is 62.5 Å². The van der Waals surface area contributed by atoms with Crippen molar-refractivity contribution >= 4 is 23.2 Å². The van der Waals surface area contributed by atoms with E-state index >= 15 is 0 Å². The van der Waals surface area contributed by atoms with Gasteiger partial charge in [0.2, 0.25) is 0 Å². The van der Waals surface area contributed by atoms with Crippen molar-refractivity contribution in [3.63, 3.8) is 0 Å². The molecule has 0 fully saturated rings. The van der Waals surface area contributed by atoms with Crippen LogP contribution in [0.2, 0.25) is 10.3 Å². The number of H-pyrrole nitrogens is 1. The number of aromatic nitrogens is 6. The first-order valence-corrected chi connectivity index (χ1v) is 8.62. The summed E-state index contributed by atoms with van der Waals surface area (Å²) < 4.78 is 0. The van der Waals surface area contributed by atoms with E-state index in [1.807, 2.05) is 0 Å². The molecule has 10 heteroatoms. The van der Waals surface area contributed by atoms with E-state index in [1.165, 1.54) is 12.7 Å². The van der Waals surface area contributed by atoms with Crippen LogP contribution in [0.3, 0.4) is 0 Å². The summed E-state index contributed by atoms with van der Waals surface area (Å²) in [5.41, 5.74) is 2.62. The molecule has 26 heavy (non-hydrogen) atoms. The molecule has 0 bridgehead atoms. The third kappa shape index (κ3) is 3.31. The molecule has 132 valence electrons. The molecule has 0 amide bonds. The van der Waals surface area contributed by atoms with Crippen LogP contribution in [-0.2, 0) is 19.5 Å². The molecular formula is C16H13Cl2N7O. The Morgan fingerprint density at radius 3 is 2.58 bits per heavy atom. The molecule has 1 N–H and O–H groups in total. The molecule has 0 atom stereocenters. The number of nitrogens with zero attached hydrogens (tertiary/aromatic N) is 6. The van der Waals surface area contributed by atoms with E-state index in [4.69, 9.17) is 23.2 Å². The predicted octanol–water partition coefficient (Wildman–Crippen LogP) is 1.88.